The molecule has 5 heteroatoms. The summed E-state index contributed by atoms with van der Waals surface area (Å²) in [4.78, 5) is 7.18. The molecule has 1 unspecified atom stereocenters. The summed E-state index contributed by atoms with van der Waals surface area (Å²) in [7, 11) is 0. The summed E-state index contributed by atoms with van der Waals surface area (Å²) >= 11 is 7.67. The highest BCUT2D eigenvalue weighted by Crippen LogP contribution is 2.37. The van der Waals surface area contributed by atoms with Crippen molar-refractivity contribution in [2.75, 3.05) is 12.4 Å². The summed E-state index contributed by atoms with van der Waals surface area (Å²) < 4.78 is 0. The van der Waals surface area contributed by atoms with Crippen LogP contribution >= 0.6 is 35.8 Å². The van der Waals surface area contributed by atoms with Crippen LogP contribution in [-0.2, 0) is 0 Å². The summed E-state index contributed by atoms with van der Waals surface area (Å²) in [5.74, 6) is 1.44. The monoisotopic (exact) mass is 292 g/mol. The van der Waals surface area contributed by atoms with E-state index in [0.29, 0.717) is 11.9 Å². The maximum Gasteiger partial charge on any atom is 0.168 e. The zero-order valence-electron chi connectivity index (χ0n) is 9.77. The second kappa shape index (κ2) is 5.85. The molecular formula is C12H18Cl2N2S. The second-order valence-electron chi connectivity index (χ2n) is 4.85. The molecule has 1 saturated carbocycles. The minimum atomic E-state index is 0. The minimum absolute atomic E-state index is 0. The lowest BCUT2D eigenvalue weighted by atomic mass is 9.84. The largest absolute Gasteiger partial charge is 0.321 e. The Bertz CT molecular complexity index is 337. The highest BCUT2D eigenvalue weighted by Gasteiger charge is 2.35. The van der Waals surface area contributed by atoms with Crippen LogP contribution in [0.15, 0.2) is 16.1 Å². The van der Waals surface area contributed by atoms with Crippen molar-refractivity contribution in [1.29, 1.82) is 0 Å². The Morgan fingerprint density at radius 3 is 2.82 bits per heavy atom. The van der Waals surface area contributed by atoms with Crippen LogP contribution in [-0.4, -0.2) is 28.5 Å². The van der Waals surface area contributed by atoms with Gasteiger partial charge in [-0.05, 0) is 24.2 Å². The van der Waals surface area contributed by atoms with Crippen molar-refractivity contribution in [3.8, 4) is 0 Å². The predicted molar refractivity (Wildman–Crippen MR) is 78.1 cm³/mol. The van der Waals surface area contributed by atoms with Crippen molar-refractivity contribution in [1.82, 2.24) is 4.90 Å². The number of fused-ring (bicyclic) bond motifs is 1. The summed E-state index contributed by atoms with van der Waals surface area (Å²) in [5.41, 5.74) is 1.24. The van der Waals surface area contributed by atoms with Gasteiger partial charge in [-0.3, -0.25) is 4.99 Å². The van der Waals surface area contributed by atoms with Crippen LogP contribution in [0, 0.1) is 5.92 Å². The summed E-state index contributed by atoms with van der Waals surface area (Å²) in [6.45, 7) is 1.07. The highest BCUT2D eigenvalue weighted by molar-refractivity contribution is 8.16. The van der Waals surface area contributed by atoms with E-state index in [9.17, 15) is 0 Å². The van der Waals surface area contributed by atoms with Gasteiger partial charge in [-0.15, -0.1) is 24.0 Å². The molecule has 17 heavy (non-hydrogen) atoms. The van der Waals surface area contributed by atoms with Crippen LogP contribution in [0.4, 0.5) is 0 Å². The van der Waals surface area contributed by atoms with E-state index in [1.54, 1.807) is 11.8 Å². The van der Waals surface area contributed by atoms with Gasteiger partial charge in [0.25, 0.3) is 0 Å². The fourth-order valence-corrected chi connectivity index (χ4v) is 4.19. The number of hydrogen-bond acceptors (Lipinski definition) is 3. The lowest BCUT2D eigenvalue weighted by Gasteiger charge is -2.26. The maximum absolute atomic E-state index is 5.93. The molecule has 2 aliphatic heterocycles. The smallest absolute Gasteiger partial charge is 0.168 e. The average molecular weight is 293 g/mol. The van der Waals surface area contributed by atoms with Crippen LogP contribution in [0.25, 0.3) is 0 Å². The molecule has 1 atom stereocenters. The number of aliphatic imine (C=N–C) groups is 1. The summed E-state index contributed by atoms with van der Waals surface area (Å²) in [5, 5.41) is 3.33. The van der Waals surface area contributed by atoms with Crippen molar-refractivity contribution in [3.63, 3.8) is 0 Å². The van der Waals surface area contributed by atoms with Crippen LogP contribution in [0.1, 0.15) is 32.1 Å². The first-order valence-corrected chi connectivity index (χ1v) is 7.57. The van der Waals surface area contributed by atoms with Crippen molar-refractivity contribution in [3.05, 3.63) is 11.1 Å². The molecule has 3 aliphatic rings. The number of halogens is 2. The fourth-order valence-electron chi connectivity index (χ4n) is 2.91. The Balaban J connectivity index is 0.00000108. The molecule has 96 valence electrons. The van der Waals surface area contributed by atoms with Gasteiger partial charge < -0.3 is 4.90 Å². The number of allylic oxidation sites excluding steroid dienone is 1. The van der Waals surface area contributed by atoms with Gasteiger partial charge in [-0.25, -0.2) is 0 Å². The normalized spacial score (nSPS) is 28.5. The third kappa shape index (κ3) is 2.61. The molecule has 0 N–H and O–H groups in total. The first kappa shape index (κ1) is 13.6. The number of nitrogens with zero attached hydrogens (tertiary/aromatic N) is 2. The Morgan fingerprint density at radius 1 is 1.35 bits per heavy atom. The molecule has 0 aromatic rings. The molecule has 0 amide bonds. The molecule has 0 saturated heterocycles. The maximum atomic E-state index is 5.93. The van der Waals surface area contributed by atoms with E-state index in [1.807, 2.05) is 0 Å². The van der Waals surface area contributed by atoms with E-state index in [0.717, 1.165) is 12.5 Å². The predicted octanol–water partition coefficient (Wildman–Crippen LogP) is 3.86. The quantitative estimate of drug-likeness (QED) is 0.719. The van der Waals surface area contributed by atoms with Crippen LogP contribution in [0.5, 0.6) is 0 Å². The van der Waals surface area contributed by atoms with Crippen molar-refractivity contribution >= 4 is 40.9 Å². The molecule has 0 radical (unpaired) electrons. The molecule has 0 bridgehead atoms. The van der Waals surface area contributed by atoms with Crippen LogP contribution < -0.4 is 0 Å². The van der Waals surface area contributed by atoms with Crippen molar-refractivity contribution in [2.45, 2.75) is 38.1 Å². The van der Waals surface area contributed by atoms with Gasteiger partial charge in [0, 0.05) is 12.2 Å². The first-order valence-electron chi connectivity index (χ1n) is 6.15. The van der Waals surface area contributed by atoms with Gasteiger partial charge in [-0.1, -0.05) is 31.0 Å². The van der Waals surface area contributed by atoms with E-state index >= 15 is 0 Å². The fraction of sp³-hybridized carbons (Fsp3) is 0.750. The van der Waals surface area contributed by atoms with E-state index in [1.165, 1.54) is 43.0 Å². The zero-order chi connectivity index (χ0) is 11.0. The van der Waals surface area contributed by atoms with Gasteiger partial charge in [0.1, 0.15) is 0 Å². The number of alkyl halides is 1. The van der Waals surface area contributed by atoms with Crippen LogP contribution in [0.3, 0.4) is 0 Å². The van der Waals surface area contributed by atoms with Gasteiger partial charge in [-0.2, -0.15) is 0 Å². The molecule has 3 rings (SSSR count). The average Bonchev–Trinajstić information content (AvgIpc) is 2.89. The van der Waals surface area contributed by atoms with Crippen LogP contribution in [0.2, 0.25) is 0 Å². The van der Waals surface area contributed by atoms with E-state index in [-0.39, 0.29) is 12.4 Å². The Hall–Kier alpha value is 0.140. The Morgan fingerprint density at radius 2 is 2.12 bits per heavy atom. The molecule has 0 spiro atoms. The number of rotatable bonds is 2. The number of hydrogen-bond donors (Lipinski definition) is 0. The van der Waals surface area contributed by atoms with E-state index < -0.39 is 0 Å². The lowest BCUT2D eigenvalue weighted by Crippen LogP contribution is -2.29. The molecule has 1 aliphatic carbocycles. The van der Waals surface area contributed by atoms with Gasteiger partial charge in [0.2, 0.25) is 0 Å². The number of amidine groups is 1. The molecular weight excluding hydrogens is 275 g/mol. The van der Waals surface area contributed by atoms with Gasteiger partial charge in [0.05, 0.1) is 11.9 Å². The minimum Gasteiger partial charge on any atom is -0.321 e. The third-order valence-electron chi connectivity index (χ3n) is 3.85. The number of thioether (sulfide) groups is 1. The van der Waals surface area contributed by atoms with Crippen molar-refractivity contribution in [2.24, 2.45) is 10.9 Å². The van der Waals surface area contributed by atoms with Crippen molar-refractivity contribution < 1.29 is 0 Å². The third-order valence-corrected chi connectivity index (χ3v) is 5.06. The summed E-state index contributed by atoms with van der Waals surface area (Å²) in [6.07, 6.45) is 6.97. The molecule has 2 heterocycles. The Labute approximate surface area is 118 Å². The standard InChI is InChI=1S/C12H17ClN2S.ClH/c13-6-10-8-16-12-14-11(7-15(10)12)9-4-2-1-3-5-9;/h8-9,11H,1-7H2;1H. The summed E-state index contributed by atoms with van der Waals surface area (Å²) in [6, 6.07) is 0.537. The molecule has 1 fully saturated rings. The lowest BCUT2D eigenvalue weighted by molar-refractivity contribution is 0.295. The Kier molecular flexibility index (Phi) is 4.67. The first-order chi connectivity index (χ1) is 7.88. The zero-order valence-corrected chi connectivity index (χ0v) is 12.2. The van der Waals surface area contributed by atoms with E-state index in [4.69, 9.17) is 16.6 Å². The second-order valence-corrected chi connectivity index (χ2v) is 5.95. The molecule has 0 aromatic carbocycles. The van der Waals surface area contributed by atoms with E-state index in [2.05, 4.69) is 10.3 Å². The van der Waals surface area contributed by atoms with Gasteiger partial charge >= 0.3 is 0 Å². The SMILES string of the molecule is Cl.ClCC1=CSC2=NC(C3CCCCC3)CN12. The molecule has 0 aromatic heterocycles. The topological polar surface area (TPSA) is 15.6 Å². The molecule has 2 nitrogen and oxygen atoms in total. The highest BCUT2D eigenvalue weighted by atomic mass is 35.5. The van der Waals surface area contributed by atoms with Gasteiger partial charge in [0.15, 0.2) is 5.17 Å².